The smallest absolute Gasteiger partial charge is 0.0783 e. The molecule has 0 aromatic carbocycles. The molecule has 0 aromatic rings. The zero-order valence-electron chi connectivity index (χ0n) is 12.6. The monoisotopic (exact) mass is 290 g/mol. The van der Waals surface area contributed by atoms with Gasteiger partial charge in [0.1, 0.15) is 0 Å². The van der Waals surface area contributed by atoms with Crippen LogP contribution in [0.4, 0.5) is 0 Å². The number of rotatable bonds is 2. The third-order valence-electron chi connectivity index (χ3n) is 8.20. The lowest BCUT2D eigenvalue weighted by Gasteiger charge is -2.44. The van der Waals surface area contributed by atoms with Gasteiger partial charge < -0.3 is 15.3 Å². The molecule has 5 rings (SSSR count). The topological polar surface area (TPSA) is 60.7 Å². The van der Waals surface area contributed by atoms with Crippen molar-refractivity contribution in [1.82, 2.24) is 0 Å². The summed E-state index contributed by atoms with van der Waals surface area (Å²) in [4.78, 5) is 0. The van der Waals surface area contributed by atoms with Gasteiger partial charge in [-0.3, -0.25) is 0 Å². The molecule has 0 radical (unpaired) electrons. The fourth-order valence-electron chi connectivity index (χ4n) is 7.98. The van der Waals surface area contributed by atoms with Crippen molar-refractivity contribution in [1.29, 1.82) is 0 Å². The van der Waals surface area contributed by atoms with E-state index in [-0.39, 0.29) is 24.5 Å². The van der Waals surface area contributed by atoms with E-state index in [1.54, 1.807) is 0 Å². The largest absolute Gasteiger partial charge is 0.392 e. The molecule has 3 N–H and O–H groups in total. The Kier molecular flexibility index (Phi) is 2.45. The Morgan fingerprint density at radius 3 is 2.38 bits per heavy atom. The zero-order valence-corrected chi connectivity index (χ0v) is 12.6. The molecule has 6 atom stereocenters. The van der Waals surface area contributed by atoms with E-state index in [0.717, 1.165) is 11.1 Å². The number of hydrogen-bond donors (Lipinski definition) is 3. The van der Waals surface area contributed by atoms with E-state index < -0.39 is 5.60 Å². The Morgan fingerprint density at radius 2 is 1.71 bits per heavy atom. The van der Waals surface area contributed by atoms with Crippen molar-refractivity contribution in [3.63, 3.8) is 0 Å². The van der Waals surface area contributed by atoms with Crippen molar-refractivity contribution in [2.24, 2.45) is 35.0 Å². The third kappa shape index (κ3) is 1.19. The first-order valence-electron chi connectivity index (χ1n) is 8.84. The van der Waals surface area contributed by atoms with Crippen LogP contribution in [0.15, 0.2) is 11.1 Å². The summed E-state index contributed by atoms with van der Waals surface area (Å²) in [5, 5.41) is 31.6. The lowest BCUT2D eigenvalue weighted by Crippen LogP contribution is -2.50. The highest BCUT2D eigenvalue weighted by molar-refractivity contribution is 5.45. The van der Waals surface area contributed by atoms with Crippen molar-refractivity contribution in [3.8, 4) is 0 Å². The van der Waals surface area contributed by atoms with Crippen LogP contribution in [0.1, 0.15) is 44.9 Å². The minimum absolute atomic E-state index is 0.0330. The van der Waals surface area contributed by atoms with Crippen molar-refractivity contribution < 1.29 is 15.3 Å². The first kappa shape index (κ1) is 13.1. The molecular formula is C18H26O3. The summed E-state index contributed by atoms with van der Waals surface area (Å²) in [7, 11) is 0. The Morgan fingerprint density at radius 1 is 1.00 bits per heavy atom. The first-order chi connectivity index (χ1) is 10.2. The van der Waals surface area contributed by atoms with E-state index in [1.165, 1.54) is 44.9 Å². The van der Waals surface area contributed by atoms with E-state index in [1.807, 2.05) is 0 Å². The van der Waals surface area contributed by atoms with Crippen LogP contribution in [0.3, 0.4) is 0 Å². The van der Waals surface area contributed by atoms with E-state index in [4.69, 9.17) is 0 Å². The van der Waals surface area contributed by atoms with E-state index in [0.29, 0.717) is 23.7 Å². The fourth-order valence-corrected chi connectivity index (χ4v) is 7.98. The van der Waals surface area contributed by atoms with Crippen LogP contribution in [-0.4, -0.2) is 34.1 Å². The zero-order chi connectivity index (χ0) is 14.4. The molecule has 5 aliphatic carbocycles. The van der Waals surface area contributed by atoms with Gasteiger partial charge in [0.25, 0.3) is 0 Å². The maximum atomic E-state index is 11.7. The van der Waals surface area contributed by atoms with Gasteiger partial charge in [-0.05, 0) is 72.3 Å². The van der Waals surface area contributed by atoms with Crippen molar-refractivity contribution in [3.05, 3.63) is 11.1 Å². The minimum Gasteiger partial charge on any atom is -0.392 e. The maximum Gasteiger partial charge on any atom is 0.0783 e. The molecule has 5 aliphatic rings. The van der Waals surface area contributed by atoms with Gasteiger partial charge in [0.05, 0.1) is 18.8 Å². The van der Waals surface area contributed by atoms with E-state index >= 15 is 0 Å². The average molecular weight is 290 g/mol. The summed E-state index contributed by atoms with van der Waals surface area (Å²) in [6, 6.07) is 0. The van der Waals surface area contributed by atoms with Gasteiger partial charge in [0.2, 0.25) is 0 Å². The van der Waals surface area contributed by atoms with E-state index in [2.05, 4.69) is 0 Å². The van der Waals surface area contributed by atoms with Gasteiger partial charge in [-0.15, -0.1) is 0 Å². The van der Waals surface area contributed by atoms with Crippen LogP contribution in [0.25, 0.3) is 0 Å². The number of fused-ring (bicyclic) bond motifs is 7. The SMILES string of the molecule is OCC1=C(CO)[C@H]2C3(CCCC3)[C@H]1[C@@H]1[C@H]3CC[C@@H](C3)[C@@]12O. The third-order valence-corrected chi connectivity index (χ3v) is 8.20. The summed E-state index contributed by atoms with van der Waals surface area (Å²) in [5.41, 5.74) is 1.76. The lowest BCUT2D eigenvalue weighted by atomic mass is 9.65. The van der Waals surface area contributed by atoms with Gasteiger partial charge in [-0.25, -0.2) is 0 Å². The fraction of sp³-hybridized carbons (Fsp3) is 0.889. The second-order valence-electron chi connectivity index (χ2n) is 8.40. The van der Waals surface area contributed by atoms with Gasteiger partial charge in [0, 0.05) is 5.92 Å². The standard InChI is InChI=1S/C18H26O3/c19-8-12-13(9-20)16-17(5-1-2-6-17)15(12)14-10-3-4-11(7-10)18(14,16)21/h10-11,14-16,19-21H,1-9H2/t10-,11-,14-,15+,16-,18+/m0/s1. The van der Waals surface area contributed by atoms with Gasteiger partial charge in [-0.2, -0.15) is 0 Å². The molecule has 4 bridgehead atoms. The van der Waals surface area contributed by atoms with Gasteiger partial charge in [0.15, 0.2) is 0 Å². The highest BCUT2D eigenvalue weighted by Crippen LogP contribution is 2.79. The molecule has 4 saturated carbocycles. The molecule has 116 valence electrons. The first-order valence-corrected chi connectivity index (χ1v) is 8.84. The summed E-state index contributed by atoms with van der Waals surface area (Å²) in [5.74, 6) is 1.98. The molecule has 0 aromatic heterocycles. The van der Waals surface area contributed by atoms with Gasteiger partial charge in [-0.1, -0.05) is 12.8 Å². The van der Waals surface area contributed by atoms with Crippen molar-refractivity contribution >= 4 is 0 Å². The van der Waals surface area contributed by atoms with Crippen LogP contribution in [0.2, 0.25) is 0 Å². The summed E-state index contributed by atoms with van der Waals surface area (Å²) in [6.45, 7) is 0.119. The van der Waals surface area contributed by atoms with Gasteiger partial charge >= 0.3 is 0 Å². The number of aliphatic hydroxyl groups is 3. The normalized spacial score (nSPS) is 52.4. The highest BCUT2D eigenvalue weighted by atomic mass is 16.3. The Labute approximate surface area is 126 Å². The predicted molar refractivity (Wildman–Crippen MR) is 78.3 cm³/mol. The minimum atomic E-state index is -0.561. The second kappa shape index (κ2) is 3.93. The molecular weight excluding hydrogens is 264 g/mol. The highest BCUT2D eigenvalue weighted by Gasteiger charge is 2.78. The average Bonchev–Trinajstić information content (AvgIpc) is 3.25. The lowest BCUT2D eigenvalue weighted by molar-refractivity contribution is -0.0841. The van der Waals surface area contributed by atoms with Crippen molar-refractivity contribution in [2.75, 3.05) is 13.2 Å². The Hall–Kier alpha value is -0.380. The molecule has 0 amide bonds. The van der Waals surface area contributed by atoms with Crippen LogP contribution in [0, 0.1) is 35.0 Å². The van der Waals surface area contributed by atoms with Crippen LogP contribution >= 0.6 is 0 Å². The molecule has 3 nitrogen and oxygen atoms in total. The Balaban J connectivity index is 1.73. The van der Waals surface area contributed by atoms with Crippen LogP contribution in [-0.2, 0) is 0 Å². The van der Waals surface area contributed by atoms with Crippen molar-refractivity contribution in [2.45, 2.75) is 50.5 Å². The molecule has 0 aliphatic heterocycles. The maximum absolute atomic E-state index is 11.7. The van der Waals surface area contributed by atoms with E-state index in [9.17, 15) is 15.3 Å². The molecule has 0 saturated heterocycles. The quantitative estimate of drug-likeness (QED) is 0.680. The summed E-state index contributed by atoms with van der Waals surface area (Å²) < 4.78 is 0. The number of hydrogen-bond acceptors (Lipinski definition) is 3. The molecule has 0 heterocycles. The summed E-state index contributed by atoms with van der Waals surface area (Å²) >= 11 is 0. The molecule has 4 fully saturated rings. The molecule has 0 unspecified atom stereocenters. The molecule has 3 heteroatoms. The second-order valence-corrected chi connectivity index (χ2v) is 8.40. The van der Waals surface area contributed by atoms with Crippen LogP contribution < -0.4 is 0 Å². The van der Waals surface area contributed by atoms with Crippen LogP contribution in [0.5, 0.6) is 0 Å². The predicted octanol–water partition coefficient (Wildman–Crippen LogP) is 1.86. The summed E-state index contributed by atoms with van der Waals surface area (Å²) in [6.07, 6.45) is 8.50. The number of aliphatic hydroxyl groups excluding tert-OH is 2. The molecule has 21 heavy (non-hydrogen) atoms. The Bertz CT molecular complexity index is 519. The molecule has 1 spiro atoms.